The highest BCUT2D eigenvalue weighted by atomic mass is 16.5. The summed E-state index contributed by atoms with van der Waals surface area (Å²) in [5.41, 5.74) is 1.86. The number of fused-ring (bicyclic) bond motifs is 1. The first-order chi connectivity index (χ1) is 12.0. The molecule has 132 valence electrons. The molecule has 25 heavy (non-hydrogen) atoms. The standard InChI is InChI=1S/C18H20N2O5/c1-11-3-4-13-12(8-17(22)25-15(13)7-11)10-20-6-5-19-18(23)14(20)9-16(21)24-2/h3-4,7-8,14H,5-6,9-10H2,1-2H3,(H,19,23). The van der Waals surface area contributed by atoms with Crippen molar-refractivity contribution in [3.05, 3.63) is 45.8 Å². The van der Waals surface area contributed by atoms with E-state index in [-0.39, 0.29) is 12.3 Å². The lowest BCUT2D eigenvalue weighted by molar-refractivity contribution is -0.146. The second-order valence-corrected chi connectivity index (χ2v) is 6.15. The molecule has 3 rings (SSSR count). The zero-order valence-electron chi connectivity index (χ0n) is 14.2. The van der Waals surface area contributed by atoms with E-state index in [2.05, 4.69) is 5.32 Å². The van der Waals surface area contributed by atoms with E-state index in [0.29, 0.717) is 25.2 Å². The number of carbonyl (C=O) groups excluding carboxylic acids is 2. The molecule has 0 spiro atoms. The quantitative estimate of drug-likeness (QED) is 0.657. The summed E-state index contributed by atoms with van der Waals surface area (Å²) < 4.78 is 9.97. The Labute approximate surface area is 144 Å². The van der Waals surface area contributed by atoms with Crippen molar-refractivity contribution in [2.24, 2.45) is 0 Å². The monoisotopic (exact) mass is 344 g/mol. The number of methoxy groups -OCH3 is 1. The van der Waals surface area contributed by atoms with Gasteiger partial charge in [-0.15, -0.1) is 0 Å². The molecule has 1 N–H and O–H groups in total. The summed E-state index contributed by atoms with van der Waals surface area (Å²) in [6.45, 7) is 3.38. The van der Waals surface area contributed by atoms with Gasteiger partial charge >= 0.3 is 11.6 Å². The minimum atomic E-state index is -0.617. The molecule has 0 radical (unpaired) electrons. The Morgan fingerprint density at radius 2 is 2.16 bits per heavy atom. The minimum Gasteiger partial charge on any atom is -0.469 e. The van der Waals surface area contributed by atoms with Crippen LogP contribution in [0.25, 0.3) is 11.0 Å². The van der Waals surface area contributed by atoms with Crippen molar-refractivity contribution in [1.29, 1.82) is 0 Å². The van der Waals surface area contributed by atoms with Crippen LogP contribution in [0.15, 0.2) is 33.5 Å². The van der Waals surface area contributed by atoms with Crippen LogP contribution in [0, 0.1) is 6.92 Å². The van der Waals surface area contributed by atoms with Gasteiger partial charge < -0.3 is 14.5 Å². The summed E-state index contributed by atoms with van der Waals surface area (Å²) in [7, 11) is 1.30. The number of ether oxygens (including phenoxy) is 1. The van der Waals surface area contributed by atoms with Gasteiger partial charge in [0.15, 0.2) is 0 Å². The van der Waals surface area contributed by atoms with Crippen molar-refractivity contribution in [1.82, 2.24) is 10.2 Å². The Morgan fingerprint density at radius 3 is 2.92 bits per heavy atom. The number of nitrogens with one attached hydrogen (secondary N) is 1. The Morgan fingerprint density at radius 1 is 1.36 bits per heavy atom. The molecule has 1 amide bonds. The molecule has 1 aliphatic rings. The average molecular weight is 344 g/mol. The molecule has 1 aromatic heterocycles. The Bertz CT molecular complexity index is 873. The van der Waals surface area contributed by atoms with Crippen molar-refractivity contribution in [3.63, 3.8) is 0 Å². The SMILES string of the molecule is COC(=O)CC1C(=O)NCCN1Cc1cc(=O)oc2cc(C)ccc12. The number of hydrogen-bond acceptors (Lipinski definition) is 6. The largest absolute Gasteiger partial charge is 0.469 e. The van der Waals surface area contributed by atoms with Crippen LogP contribution >= 0.6 is 0 Å². The van der Waals surface area contributed by atoms with E-state index in [9.17, 15) is 14.4 Å². The number of aryl methyl sites for hydroxylation is 1. The van der Waals surface area contributed by atoms with Crippen LogP contribution in [0.5, 0.6) is 0 Å². The molecule has 1 aliphatic heterocycles. The zero-order chi connectivity index (χ0) is 18.0. The molecular weight excluding hydrogens is 324 g/mol. The fraction of sp³-hybridized carbons (Fsp3) is 0.389. The molecule has 1 aromatic carbocycles. The fourth-order valence-corrected chi connectivity index (χ4v) is 3.10. The van der Waals surface area contributed by atoms with Gasteiger partial charge in [-0.2, -0.15) is 0 Å². The smallest absolute Gasteiger partial charge is 0.336 e. The first kappa shape index (κ1) is 17.2. The normalized spacial score (nSPS) is 18.2. The molecule has 2 aromatic rings. The van der Waals surface area contributed by atoms with E-state index in [1.165, 1.54) is 13.2 Å². The molecule has 0 bridgehead atoms. The number of rotatable bonds is 4. The van der Waals surface area contributed by atoms with Crippen molar-refractivity contribution >= 4 is 22.8 Å². The molecule has 0 saturated carbocycles. The number of amides is 1. The molecule has 1 fully saturated rings. The van der Waals surface area contributed by atoms with Crippen LogP contribution in [0.2, 0.25) is 0 Å². The van der Waals surface area contributed by atoms with Crippen molar-refractivity contribution in [3.8, 4) is 0 Å². The highest BCUT2D eigenvalue weighted by Crippen LogP contribution is 2.22. The van der Waals surface area contributed by atoms with Gasteiger partial charge in [0.05, 0.1) is 13.5 Å². The van der Waals surface area contributed by atoms with Crippen LogP contribution in [-0.4, -0.2) is 43.0 Å². The highest BCUT2D eigenvalue weighted by molar-refractivity contribution is 5.87. The van der Waals surface area contributed by atoms with Crippen molar-refractivity contribution in [2.45, 2.75) is 25.9 Å². The van der Waals surface area contributed by atoms with Crippen LogP contribution in [-0.2, 0) is 20.9 Å². The Kier molecular flexibility index (Phi) is 4.85. The summed E-state index contributed by atoms with van der Waals surface area (Å²) in [4.78, 5) is 37.6. The molecule has 2 heterocycles. The summed E-state index contributed by atoms with van der Waals surface area (Å²) in [5.74, 6) is -0.653. The molecule has 1 saturated heterocycles. The number of piperazine rings is 1. The lowest BCUT2D eigenvalue weighted by atomic mass is 10.0. The third-order valence-corrected chi connectivity index (χ3v) is 4.39. The summed E-state index contributed by atoms with van der Waals surface area (Å²) >= 11 is 0. The van der Waals surface area contributed by atoms with Gasteiger partial charge in [0.1, 0.15) is 11.6 Å². The van der Waals surface area contributed by atoms with Crippen molar-refractivity contribution < 1.29 is 18.7 Å². The van der Waals surface area contributed by atoms with Gasteiger partial charge in [-0.25, -0.2) is 4.79 Å². The third kappa shape index (κ3) is 3.71. The average Bonchev–Trinajstić information content (AvgIpc) is 2.57. The number of esters is 1. The van der Waals surface area contributed by atoms with Gasteiger partial charge in [0.25, 0.3) is 0 Å². The summed E-state index contributed by atoms with van der Waals surface area (Å²) in [6.07, 6.45) is -0.0270. The molecule has 7 heteroatoms. The number of hydrogen-bond donors (Lipinski definition) is 1. The van der Waals surface area contributed by atoms with Gasteiger partial charge in [-0.05, 0) is 24.1 Å². The van der Waals surface area contributed by atoms with Gasteiger partial charge in [0, 0.05) is 31.1 Å². The summed E-state index contributed by atoms with van der Waals surface area (Å²) in [6, 6.07) is 6.49. The lowest BCUT2D eigenvalue weighted by Gasteiger charge is -2.34. The maximum Gasteiger partial charge on any atom is 0.336 e. The van der Waals surface area contributed by atoms with Crippen LogP contribution < -0.4 is 10.9 Å². The van der Waals surface area contributed by atoms with Crippen LogP contribution in [0.4, 0.5) is 0 Å². The van der Waals surface area contributed by atoms with E-state index in [1.54, 1.807) is 0 Å². The van der Waals surface area contributed by atoms with Crippen LogP contribution in [0.1, 0.15) is 17.5 Å². The van der Waals surface area contributed by atoms with Crippen molar-refractivity contribution in [2.75, 3.05) is 20.2 Å². The molecule has 1 atom stereocenters. The first-order valence-corrected chi connectivity index (χ1v) is 8.10. The van der Waals surface area contributed by atoms with E-state index in [1.807, 2.05) is 30.0 Å². The molecular formula is C18H20N2O5. The number of benzene rings is 1. The van der Waals surface area contributed by atoms with Gasteiger partial charge in [-0.3, -0.25) is 14.5 Å². The highest BCUT2D eigenvalue weighted by Gasteiger charge is 2.32. The van der Waals surface area contributed by atoms with E-state index in [0.717, 1.165) is 16.5 Å². The zero-order valence-corrected chi connectivity index (χ0v) is 14.2. The summed E-state index contributed by atoms with van der Waals surface area (Å²) in [5, 5.41) is 3.59. The Balaban J connectivity index is 1.94. The fourth-order valence-electron chi connectivity index (χ4n) is 3.10. The Hall–Kier alpha value is -2.67. The molecule has 1 unspecified atom stereocenters. The second kappa shape index (κ2) is 7.06. The molecule has 7 nitrogen and oxygen atoms in total. The van der Waals surface area contributed by atoms with E-state index < -0.39 is 17.6 Å². The first-order valence-electron chi connectivity index (χ1n) is 8.10. The van der Waals surface area contributed by atoms with E-state index >= 15 is 0 Å². The molecule has 0 aliphatic carbocycles. The predicted molar refractivity (Wildman–Crippen MR) is 91.1 cm³/mol. The third-order valence-electron chi connectivity index (χ3n) is 4.39. The maximum atomic E-state index is 12.2. The van der Waals surface area contributed by atoms with Gasteiger partial charge in [0.2, 0.25) is 5.91 Å². The second-order valence-electron chi connectivity index (χ2n) is 6.15. The topological polar surface area (TPSA) is 88.9 Å². The van der Waals surface area contributed by atoms with Crippen LogP contribution in [0.3, 0.4) is 0 Å². The number of nitrogens with zero attached hydrogens (tertiary/aromatic N) is 1. The van der Waals surface area contributed by atoms with E-state index in [4.69, 9.17) is 9.15 Å². The number of carbonyl (C=O) groups is 2. The van der Waals surface area contributed by atoms with Gasteiger partial charge in [-0.1, -0.05) is 12.1 Å². The predicted octanol–water partition coefficient (Wildman–Crippen LogP) is 0.965. The lowest BCUT2D eigenvalue weighted by Crippen LogP contribution is -2.55. The minimum absolute atomic E-state index is 0.0270. The maximum absolute atomic E-state index is 12.2.